The van der Waals surface area contributed by atoms with Crippen LogP contribution in [0.15, 0.2) is 54.6 Å². The summed E-state index contributed by atoms with van der Waals surface area (Å²) < 4.78 is 24.7. The number of ether oxygens (including phenoxy) is 2. The summed E-state index contributed by atoms with van der Waals surface area (Å²) in [5.74, 6) is 0.577. The minimum Gasteiger partial charge on any atom is -0.466 e. The zero-order valence-electron chi connectivity index (χ0n) is 18.6. The predicted octanol–water partition coefficient (Wildman–Crippen LogP) is 5.23. The number of carbonyl (C=O) groups is 1. The minimum absolute atomic E-state index is 0.0750. The monoisotopic (exact) mass is 427 g/mol. The fourth-order valence-corrected chi connectivity index (χ4v) is 4.36. The van der Waals surface area contributed by atoms with Crippen molar-refractivity contribution in [3.63, 3.8) is 0 Å². The Morgan fingerprint density at radius 2 is 1.84 bits per heavy atom. The molecule has 1 heterocycles. The van der Waals surface area contributed by atoms with Gasteiger partial charge in [0.15, 0.2) is 0 Å². The molecule has 0 radical (unpaired) electrons. The molecule has 168 valence electrons. The highest BCUT2D eigenvalue weighted by molar-refractivity contribution is 5.69. The van der Waals surface area contributed by atoms with Gasteiger partial charge in [-0.15, -0.1) is 0 Å². The Balaban J connectivity index is 1.47. The number of esters is 1. The van der Waals surface area contributed by atoms with Crippen LogP contribution in [0.2, 0.25) is 0 Å². The van der Waals surface area contributed by atoms with E-state index in [9.17, 15) is 9.18 Å². The number of piperidine rings is 1. The Hall–Kier alpha value is -2.24. The van der Waals surface area contributed by atoms with E-state index in [4.69, 9.17) is 9.47 Å². The van der Waals surface area contributed by atoms with E-state index in [0.29, 0.717) is 31.5 Å². The average Bonchev–Trinajstić information content (AvgIpc) is 2.77. The van der Waals surface area contributed by atoms with Crippen LogP contribution in [0.3, 0.4) is 0 Å². The van der Waals surface area contributed by atoms with Gasteiger partial charge in [0.25, 0.3) is 0 Å². The van der Waals surface area contributed by atoms with Crippen molar-refractivity contribution in [3.05, 3.63) is 71.5 Å². The average molecular weight is 428 g/mol. The molecule has 0 N–H and O–H groups in total. The lowest BCUT2D eigenvalue weighted by Gasteiger charge is -2.36. The van der Waals surface area contributed by atoms with E-state index in [-0.39, 0.29) is 17.9 Å². The molecule has 0 spiro atoms. The van der Waals surface area contributed by atoms with E-state index in [2.05, 4.69) is 11.8 Å². The van der Waals surface area contributed by atoms with Crippen molar-refractivity contribution in [2.45, 2.75) is 39.2 Å². The van der Waals surface area contributed by atoms with Gasteiger partial charge in [0.1, 0.15) is 11.9 Å². The maximum atomic E-state index is 13.4. The zero-order chi connectivity index (χ0) is 22.1. The fraction of sp³-hybridized carbons (Fsp3) is 0.500. The summed E-state index contributed by atoms with van der Waals surface area (Å²) in [5.41, 5.74) is 2.03. The fourth-order valence-electron chi connectivity index (χ4n) is 4.36. The second-order valence-corrected chi connectivity index (χ2v) is 8.40. The second-order valence-electron chi connectivity index (χ2n) is 8.40. The number of halogens is 1. The Bertz CT molecular complexity index is 796. The number of nitrogens with zero attached hydrogens (tertiary/aromatic N) is 1. The standard InChI is InChI=1S/C26H34FNO3/c1-3-30-25(29)18-23-14-16-28(19-20(23)2)15-7-17-31-26(21-8-5-4-6-9-21)22-10-12-24(27)13-11-22/h4-6,8-13,20,23,26H,3,7,14-19H2,1-2H3/t20-,23-,26?/m1/s1. The van der Waals surface area contributed by atoms with Crippen molar-refractivity contribution < 1.29 is 18.7 Å². The summed E-state index contributed by atoms with van der Waals surface area (Å²) in [5, 5.41) is 0. The Morgan fingerprint density at radius 1 is 1.13 bits per heavy atom. The first-order chi connectivity index (χ1) is 15.1. The van der Waals surface area contributed by atoms with Gasteiger partial charge in [0.05, 0.1) is 6.61 Å². The molecule has 1 aliphatic rings. The van der Waals surface area contributed by atoms with Crippen LogP contribution in [-0.4, -0.2) is 43.7 Å². The molecule has 0 aromatic heterocycles. The normalized spacial score (nSPS) is 20.4. The zero-order valence-corrected chi connectivity index (χ0v) is 18.6. The van der Waals surface area contributed by atoms with Crippen LogP contribution in [-0.2, 0) is 14.3 Å². The van der Waals surface area contributed by atoms with Crippen molar-refractivity contribution in [3.8, 4) is 0 Å². The van der Waals surface area contributed by atoms with Crippen LogP contribution < -0.4 is 0 Å². The van der Waals surface area contributed by atoms with Gasteiger partial charge < -0.3 is 14.4 Å². The lowest BCUT2D eigenvalue weighted by atomic mass is 9.84. The first-order valence-corrected chi connectivity index (χ1v) is 11.4. The Labute approximate surface area is 185 Å². The molecule has 1 aliphatic heterocycles. The molecule has 3 atom stereocenters. The van der Waals surface area contributed by atoms with Crippen LogP contribution in [0, 0.1) is 17.7 Å². The summed E-state index contributed by atoms with van der Waals surface area (Å²) in [4.78, 5) is 14.3. The lowest BCUT2D eigenvalue weighted by Crippen LogP contribution is -2.40. The Morgan fingerprint density at radius 3 is 2.52 bits per heavy atom. The molecule has 31 heavy (non-hydrogen) atoms. The number of hydrogen-bond acceptors (Lipinski definition) is 4. The maximum absolute atomic E-state index is 13.4. The molecule has 2 aromatic carbocycles. The molecule has 1 fully saturated rings. The smallest absolute Gasteiger partial charge is 0.306 e. The molecule has 1 saturated heterocycles. The van der Waals surface area contributed by atoms with Gasteiger partial charge in [0.2, 0.25) is 0 Å². The third-order valence-corrected chi connectivity index (χ3v) is 6.08. The van der Waals surface area contributed by atoms with E-state index in [1.54, 1.807) is 12.1 Å². The first kappa shape index (κ1) is 23.4. The summed E-state index contributed by atoms with van der Waals surface area (Å²) in [7, 11) is 0. The summed E-state index contributed by atoms with van der Waals surface area (Å²) in [6.45, 7) is 8.15. The van der Waals surface area contributed by atoms with Crippen molar-refractivity contribution in [1.29, 1.82) is 0 Å². The van der Waals surface area contributed by atoms with Gasteiger partial charge in [-0.05, 0) is 61.4 Å². The van der Waals surface area contributed by atoms with E-state index < -0.39 is 0 Å². The van der Waals surface area contributed by atoms with Crippen molar-refractivity contribution in [2.75, 3.05) is 32.8 Å². The Kier molecular flexibility index (Phi) is 9.04. The highest BCUT2D eigenvalue weighted by Crippen LogP contribution is 2.28. The molecular weight excluding hydrogens is 393 g/mol. The highest BCUT2D eigenvalue weighted by atomic mass is 19.1. The number of benzene rings is 2. The molecule has 4 nitrogen and oxygen atoms in total. The number of hydrogen-bond donors (Lipinski definition) is 0. The summed E-state index contributed by atoms with van der Waals surface area (Å²) in [6.07, 6.45) is 2.29. The third-order valence-electron chi connectivity index (χ3n) is 6.08. The quantitative estimate of drug-likeness (QED) is 0.384. The number of carbonyl (C=O) groups excluding carboxylic acids is 1. The van der Waals surface area contributed by atoms with E-state index in [1.165, 1.54) is 12.1 Å². The molecule has 1 unspecified atom stereocenters. The molecule has 2 aromatic rings. The van der Waals surface area contributed by atoms with Gasteiger partial charge in [-0.25, -0.2) is 4.39 Å². The van der Waals surface area contributed by atoms with E-state index in [0.717, 1.165) is 43.6 Å². The molecule has 5 heteroatoms. The predicted molar refractivity (Wildman–Crippen MR) is 120 cm³/mol. The van der Waals surface area contributed by atoms with E-state index >= 15 is 0 Å². The van der Waals surface area contributed by atoms with Crippen molar-refractivity contribution in [2.24, 2.45) is 11.8 Å². The molecule has 0 saturated carbocycles. The van der Waals surface area contributed by atoms with Gasteiger partial charge in [-0.1, -0.05) is 49.4 Å². The molecule has 0 aliphatic carbocycles. The summed E-state index contributed by atoms with van der Waals surface area (Å²) >= 11 is 0. The molecular formula is C26H34FNO3. The van der Waals surface area contributed by atoms with Crippen LogP contribution in [0.25, 0.3) is 0 Å². The van der Waals surface area contributed by atoms with Crippen molar-refractivity contribution in [1.82, 2.24) is 4.90 Å². The second kappa shape index (κ2) is 12.0. The number of likely N-dealkylation sites (tertiary alicyclic amines) is 1. The van der Waals surface area contributed by atoms with Crippen LogP contribution >= 0.6 is 0 Å². The maximum Gasteiger partial charge on any atom is 0.306 e. The SMILES string of the molecule is CCOC(=O)C[C@H]1CCN(CCCOC(c2ccccc2)c2ccc(F)cc2)C[C@H]1C. The molecule has 0 amide bonds. The minimum atomic E-state index is -0.240. The van der Waals surface area contributed by atoms with Crippen LogP contribution in [0.1, 0.15) is 50.3 Å². The van der Waals surface area contributed by atoms with Crippen LogP contribution in [0.5, 0.6) is 0 Å². The number of rotatable bonds is 10. The third kappa shape index (κ3) is 7.15. The molecule has 0 bridgehead atoms. The van der Waals surface area contributed by atoms with E-state index in [1.807, 2.05) is 37.3 Å². The van der Waals surface area contributed by atoms with Gasteiger partial charge in [-0.3, -0.25) is 4.79 Å². The van der Waals surface area contributed by atoms with Gasteiger partial charge in [-0.2, -0.15) is 0 Å². The van der Waals surface area contributed by atoms with Gasteiger partial charge >= 0.3 is 5.97 Å². The topological polar surface area (TPSA) is 38.8 Å². The largest absolute Gasteiger partial charge is 0.466 e. The highest BCUT2D eigenvalue weighted by Gasteiger charge is 2.28. The molecule has 3 rings (SSSR count). The lowest BCUT2D eigenvalue weighted by molar-refractivity contribution is -0.145. The first-order valence-electron chi connectivity index (χ1n) is 11.4. The van der Waals surface area contributed by atoms with Gasteiger partial charge in [0, 0.05) is 26.1 Å². The summed E-state index contributed by atoms with van der Waals surface area (Å²) in [6, 6.07) is 16.6. The van der Waals surface area contributed by atoms with Crippen molar-refractivity contribution >= 4 is 5.97 Å². The van der Waals surface area contributed by atoms with Crippen LogP contribution in [0.4, 0.5) is 4.39 Å².